The van der Waals surface area contributed by atoms with Gasteiger partial charge in [-0.15, -0.1) is 24.3 Å². The highest BCUT2D eigenvalue weighted by Gasteiger charge is 2.32. The fraction of sp³-hybridized carbons (Fsp3) is 0.700. The summed E-state index contributed by atoms with van der Waals surface area (Å²) in [4.78, 5) is 0. The number of nitrogens with one attached hydrogen (secondary N) is 1. The first-order valence-corrected chi connectivity index (χ1v) is 5.51. The van der Waals surface area contributed by atoms with Gasteiger partial charge >= 0.3 is 0 Å². The van der Waals surface area contributed by atoms with Crippen molar-refractivity contribution in [3.05, 3.63) is 12.7 Å². The first kappa shape index (κ1) is 11.4. The van der Waals surface area contributed by atoms with E-state index in [9.17, 15) is 0 Å². The Morgan fingerprint density at radius 1 is 1.64 bits per heavy atom. The smallest absolute Gasteiger partial charge is 0.242 e. The van der Waals surface area contributed by atoms with Crippen LogP contribution in [0.1, 0.15) is 39.0 Å². The lowest BCUT2D eigenvalue weighted by Crippen LogP contribution is -2.34. The molecule has 14 heavy (non-hydrogen) atoms. The van der Waals surface area contributed by atoms with Gasteiger partial charge in [-0.25, -0.2) is 0 Å². The van der Waals surface area contributed by atoms with Gasteiger partial charge in [0.05, 0.1) is 0 Å². The lowest BCUT2D eigenvalue weighted by atomic mass is 10.2. The fourth-order valence-corrected chi connectivity index (χ4v) is 1.64. The molecule has 4 heteroatoms. The molecule has 0 bridgehead atoms. The Morgan fingerprint density at radius 3 is 3.07 bits per heavy atom. The molecule has 1 atom stereocenters. The summed E-state index contributed by atoms with van der Waals surface area (Å²) in [6.45, 7) is 5.81. The molecular weight excluding hydrogens is 196 g/mol. The van der Waals surface area contributed by atoms with Crippen LogP contribution in [0.3, 0.4) is 0 Å². The van der Waals surface area contributed by atoms with Crippen molar-refractivity contribution >= 4 is 18.5 Å². The second-order valence-electron chi connectivity index (χ2n) is 3.45. The summed E-state index contributed by atoms with van der Waals surface area (Å²) in [6.07, 6.45) is 6.79. The molecule has 3 nitrogen and oxygen atoms in total. The third-order valence-corrected chi connectivity index (χ3v) is 2.50. The highest BCUT2D eigenvalue weighted by atomic mass is 32.1. The van der Waals surface area contributed by atoms with E-state index in [1.807, 2.05) is 0 Å². The van der Waals surface area contributed by atoms with Gasteiger partial charge in [0.1, 0.15) is 0 Å². The van der Waals surface area contributed by atoms with Crippen LogP contribution in [-0.4, -0.2) is 11.0 Å². The van der Waals surface area contributed by atoms with E-state index in [0.717, 1.165) is 12.8 Å². The predicted octanol–water partition coefficient (Wildman–Crippen LogP) is 2.66. The number of thiol groups is 1. The zero-order valence-corrected chi connectivity index (χ0v) is 9.52. The van der Waals surface area contributed by atoms with Crippen LogP contribution in [0.15, 0.2) is 17.8 Å². The SMILES string of the molecule is C=CCC1=NNC(S)(CCCCC)O1. The molecule has 0 radical (unpaired) electrons. The highest BCUT2D eigenvalue weighted by Crippen LogP contribution is 2.25. The summed E-state index contributed by atoms with van der Waals surface area (Å²) < 4.78 is 5.57. The van der Waals surface area contributed by atoms with Crippen molar-refractivity contribution in [2.45, 2.75) is 44.1 Å². The lowest BCUT2D eigenvalue weighted by molar-refractivity contribution is 0.134. The predicted molar refractivity (Wildman–Crippen MR) is 62.3 cm³/mol. The molecule has 0 aromatic heterocycles. The Balaban J connectivity index is 2.29. The third-order valence-electron chi connectivity index (χ3n) is 2.08. The number of hydrogen-bond acceptors (Lipinski definition) is 4. The maximum absolute atomic E-state index is 5.57. The molecule has 0 fully saturated rings. The number of ether oxygens (including phenoxy) is 1. The van der Waals surface area contributed by atoms with Gasteiger partial charge < -0.3 is 4.74 Å². The normalized spacial score (nSPS) is 25.1. The van der Waals surface area contributed by atoms with E-state index < -0.39 is 5.06 Å². The van der Waals surface area contributed by atoms with Gasteiger partial charge in [0.25, 0.3) is 0 Å². The quantitative estimate of drug-likeness (QED) is 0.405. The van der Waals surface area contributed by atoms with Gasteiger partial charge in [0, 0.05) is 12.8 Å². The van der Waals surface area contributed by atoms with E-state index in [1.54, 1.807) is 6.08 Å². The van der Waals surface area contributed by atoms with Crippen LogP contribution in [-0.2, 0) is 4.74 Å². The summed E-state index contributed by atoms with van der Waals surface area (Å²) in [6, 6.07) is 0. The molecule has 80 valence electrons. The van der Waals surface area contributed by atoms with Gasteiger partial charge in [-0.3, -0.25) is 5.43 Å². The van der Waals surface area contributed by atoms with Crippen molar-refractivity contribution in [2.24, 2.45) is 5.10 Å². The number of hydrogen-bond donors (Lipinski definition) is 2. The summed E-state index contributed by atoms with van der Waals surface area (Å²) in [5.74, 6) is 0.673. The standard InChI is InChI=1S/C10H18N2OS/c1-3-5-6-8-10(14)12-11-9(13-10)7-4-2/h4,12,14H,2-3,5-8H2,1H3. The molecule has 1 N–H and O–H groups in total. The number of unbranched alkanes of at least 4 members (excludes halogenated alkanes) is 2. The molecule has 0 amide bonds. The molecule has 0 saturated carbocycles. The maximum atomic E-state index is 5.57. The summed E-state index contributed by atoms with van der Waals surface area (Å²) >= 11 is 4.42. The van der Waals surface area contributed by atoms with Crippen molar-refractivity contribution in [3.8, 4) is 0 Å². The van der Waals surface area contributed by atoms with E-state index in [1.165, 1.54) is 12.8 Å². The van der Waals surface area contributed by atoms with Gasteiger partial charge in [-0.05, 0) is 6.42 Å². The second kappa shape index (κ2) is 5.29. The Morgan fingerprint density at radius 2 is 2.43 bits per heavy atom. The topological polar surface area (TPSA) is 33.6 Å². The van der Waals surface area contributed by atoms with Crippen LogP contribution in [0.4, 0.5) is 0 Å². The fourth-order valence-electron chi connectivity index (χ4n) is 1.32. The molecule has 0 aromatic carbocycles. The Bertz CT molecular complexity index is 230. The second-order valence-corrected chi connectivity index (χ2v) is 4.18. The molecule has 0 saturated heterocycles. The monoisotopic (exact) mass is 214 g/mol. The number of nitrogens with zero attached hydrogens (tertiary/aromatic N) is 1. The van der Waals surface area contributed by atoms with Crippen LogP contribution >= 0.6 is 12.6 Å². The number of hydrazone groups is 1. The van der Waals surface area contributed by atoms with Crippen LogP contribution in [0.2, 0.25) is 0 Å². The van der Waals surface area contributed by atoms with Crippen molar-refractivity contribution < 1.29 is 4.74 Å². The summed E-state index contributed by atoms with van der Waals surface area (Å²) in [5, 5.41) is 3.46. The lowest BCUT2D eigenvalue weighted by Gasteiger charge is -2.22. The Labute approximate surface area is 91.0 Å². The minimum atomic E-state index is -0.590. The van der Waals surface area contributed by atoms with Crippen molar-refractivity contribution in [1.82, 2.24) is 5.43 Å². The van der Waals surface area contributed by atoms with E-state index in [-0.39, 0.29) is 0 Å². The zero-order valence-electron chi connectivity index (χ0n) is 8.62. The van der Waals surface area contributed by atoms with Crippen LogP contribution in [0.25, 0.3) is 0 Å². The minimum absolute atomic E-state index is 0.590. The first-order valence-electron chi connectivity index (χ1n) is 5.06. The van der Waals surface area contributed by atoms with Gasteiger partial charge in [-0.2, -0.15) is 0 Å². The van der Waals surface area contributed by atoms with E-state index in [4.69, 9.17) is 4.74 Å². The minimum Gasteiger partial charge on any atom is -0.442 e. The van der Waals surface area contributed by atoms with Gasteiger partial charge in [0.2, 0.25) is 11.0 Å². The Kier molecular flexibility index (Phi) is 4.32. The number of rotatable bonds is 6. The van der Waals surface area contributed by atoms with E-state index in [2.05, 4.69) is 36.7 Å². The average Bonchev–Trinajstić information content (AvgIpc) is 2.49. The van der Waals surface area contributed by atoms with Crippen LogP contribution in [0.5, 0.6) is 0 Å². The molecule has 0 spiro atoms. The molecule has 1 aliphatic heterocycles. The summed E-state index contributed by atoms with van der Waals surface area (Å²) in [5.41, 5.74) is 2.91. The molecule has 0 aliphatic carbocycles. The summed E-state index contributed by atoms with van der Waals surface area (Å²) in [7, 11) is 0. The molecule has 1 rings (SSSR count). The van der Waals surface area contributed by atoms with Crippen LogP contribution < -0.4 is 5.43 Å². The Hall–Kier alpha value is -0.640. The zero-order chi connectivity index (χ0) is 10.4. The van der Waals surface area contributed by atoms with Crippen LogP contribution in [0, 0.1) is 0 Å². The third kappa shape index (κ3) is 3.25. The molecule has 1 heterocycles. The molecular formula is C10H18N2OS. The van der Waals surface area contributed by atoms with Gasteiger partial charge in [0.15, 0.2) is 0 Å². The van der Waals surface area contributed by atoms with E-state index >= 15 is 0 Å². The van der Waals surface area contributed by atoms with Gasteiger partial charge in [-0.1, -0.05) is 25.8 Å². The van der Waals surface area contributed by atoms with E-state index in [0.29, 0.717) is 12.3 Å². The largest absolute Gasteiger partial charge is 0.442 e. The first-order chi connectivity index (χ1) is 6.70. The van der Waals surface area contributed by atoms with Crippen molar-refractivity contribution in [1.29, 1.82) is 0 Å². The molecule has 1 unspecified atom stereocenters. The molecule has 0 aromatic rings. The van der Waals surface area contributed by atoms with Crippen molar-refractivity contribution in [2.75, 3.05) is 0 Å². The highest BCUT2D eigenvalue weighted by molar-refractivity contribution is 7.81. The average molecular weight is 214 g/mol. The van der Waals surface area contributed by atoms with Crippen molar-refractivity contribution in [3.63, 3.8) is 0 Å². The molecule has 1 aliphatic rings. The maximum Gasteiger partial charge on any atom is 0.242 e.